The minimum absolute atomic E-state index is 0.0641. The van der Waals surface area contributed by atoms with Crippen LogP contribution in [0.1, 0.15) is 5.82 Å². The van der Waals surface area contributed by atoms with Crippen LogP contribution in [0, 0.1) is 0 Å². The molecule has 2 rings (SSSR count). The maximum absolute atomic E-state index is 11.9. The topological polar surface area (TPSA) is 92.7 Å². The number of aryl methyl sites for hydroxylation is 1. The van der Waals surface area contributed by atoms with Gasteiger partial charge in [0.2, 0.25) is 0 Å². The molecule has 0 fully saturated rings. The zero-order valence-electron chi connectivity index (χ0n) is 8.88. The van der Waals surface area contributed by atoms with Gasteiger partial charge in [-0.2, -0.15) is 5.10 Å². The van der Waals surface area contributed by atoms with E-state index in [0.717, 1.165) is 0 Å². The minimum atomic E-state index is -3.70. The summed E-state index contributed by atoms with van der Waals surface area (Å²) in [6, 6.07) is 0. The number of hydrogen-bond acceptors (Lipinski definition) is 4. The van der Waals surface area contributed by atoms with Gasteiger partial charge < -0.3 is 4.98 Å². The fourth-order valence-corrected chi connectivity index (χ4v) is 2.97. The molecule has 17 heavy (non-hydrogen) atoms. The van der Waals surface area contributed by atoms with E-state index in [-0.39, 0.29) is 16.6 Å². The molecule has 0 saturated carbocycles. The summed E-state index contributed by atoms with van der Waals surface area (Å²) in [6.45, 7) is 0.0663. The van der Waals surface area contributed by atoms with E-state index in [1.54, 1.807) is 12.4 Å². The molecule has 0 saturated heterocycles. The Bertz CT molecular complexity index is 584. The molecule has 2 N–H and O–H groups in total. The molecule has 0 bridgehead atoms. The van der Waals surface area contributed by atoms with E-state index in [1.165, 1.54) is 17.9 Å². The van der Waals surface area contributed by atoms with Gasteiger partial charge in [0.15, 0.2) is 5.03 Å². The first-order valence-electron chi connectivity index (χ1n) is 4.66. The number of halogens is 1. The van der Waals surface area contributed by atoms with Gasteiger partial charge in [0.25, 0.3) is 10.0 Å². The summed E-state index contributed by atoms with van der Waals surface area (Å²) in [6.07, 6.45) is 4.43. The summed E-state index contributed by atoms with van der Waals surface area (Å²) in [7, 11) is -2.19. The van der Waals surface area contributed by atoms with Crippen LogP contribution >= 0.6 is 11.6 Å². The monoisotopic (exact) mass is 275 g/mol. The van der Waals surface area contributed by atoms with Gasteiger partial charge in [0.1, 0.15) is 5.82 Å². The van der Waals surface area contributed by atoms with Crippen LogP contribution in [-0.4, -0.2) is 28.2 Å². The van der Waals surface area contributed by atoms with E-state index in [4.69, 9.17) is 11.6 Å². The fourth-order valence-electron chi connectivity index (χ4n) is 1.33. The zero-order valence-corrected chi connectivity index (χ0v) is 10.5. The van der Waals surface area contributed by atoms with Crippen LogP contribution < -0.4 is 4.72 Å². The predicted octanol–water partition coefficient (Wildman–Crippen LogP) is 0.275. The van der Waals surface area contributed by atoms with Crippen molar-refractivity contribution >= 4 is 21.6 Å². The molecule has 92 valence electrons. The van der Waals surface area contributed by atoms with E-state index in [1.807, 2.05) is 0 Å². The van der Waals surface area contributed by atoms with E-state index < -0.39 is 10.0 Å². The van der Waals surface area contributed by atoms with Crippen LogP contribution in [-0.2, 0) is 23.6 Å². The summed E-state index contributed by atoms with van der Waals surface area (Å²) in [4.78, 5) is 6.70. The lowest BCUT2D eigenvalue weighted by Gasteiger charge is -2.05. The van der Waals surface area contributed by atoms with Crippen molar-refractivity contribution in [2.45, 2.75) is 11.6 Å². The summed E-state index contributed by atoms with van der Waals surface area (Å²) in [5.74, 6) is 0.520. The molecule has 0 aromatic carbocycles. The molecule has 0 spiro atoms. The number of nitrogens with zero attached hydrogens (tertiary/aromatic N) is 3. The lowest BCUT2D eigenvalue weighted by molar-refractivity contribution is 0.561. The number of H-pyrrole nitrogens is 1. The van der Waals surface area contributed by atoms with Crippen molar-refractivity contribution in [3.8, 4) is 0 Å². The van der Waals surface area contributed by atoms with Gasteiger partial charge in [0.05, 0.1) is 17.8 Å². The summed E-state index contributed by atoms with van der Waals surface area (Å²) < 4.78 is 27.4. The molecular formula is C8H10ClN5O2S. The van der Waals surface area contributed by atoms with Crippen molar-refractivity contribution in [2.75, 3.05) is 0 Å². The molecule has 9 heteroatoms. The van der Waals surface area contributed by atoms with Crippen molar-refractivity contribution in [1.82, 2.24) is 24.5 Å². The smallest absolute Gasteiger partial charge is 0.259 e. The molecule has 0 unspecified atom stereocenters. The van der Waals surface area contributed by atoms with Crippen LogP contribution in [0.25, 0.3) is 0 Å². The Kier molecular flexibility index (Phi) is 3.18. The molecule has 7 nitrogen and oxygen atoms in total. The quantitative estimate of drug-likeness (QED) is 0.838. The molecule has 2 aromatic heterocycles. The first-order valence-corrected chi connectivity index (χ1v) is 6.52. The second-order valence-electron chi connectivity index (χ2n) is 3.28. The number of aromatic amines is 1. The van der Waals surface area contributed by atoms with Crippen molar-refractivity contribution in [3.63, 3.8) is 0 Å². The van der Waals surface area contributed by atoms with Crippen LogP contribution in [0.4, 0.5) is 0 Å². The number of hydrogen-bond donors (Lipinski definition) is 2. The molecule has 0 atom stereocenters. The SMILES string of the molecule is Cn1ncc(Cl)c1S(=O)(=O)NCc1ncc[nH]1. The number of nitrogens with one attached hydrogen (secondary N) is 2. The number of sulfonamides is 1. The van der Waals surface area contributed by atoms with Crippen molar-refractivity contribution in [1.29, 1.82) is 0 Å². The van der Waals surface area contributed by atoms with Gasteiger partial charge in [-0.3, -0.25) is 4.68 Å². The van der Waals surface area contributed by atoms with Crippen LogP contribution in [0.2, 0.25) is 5.02 Å². The number of imidazole rings is 1. The zero-order chi connectivity index (χ0) is 12.5. The standard InChI is InChI=1S/C8H10ClN5O2S/c1-14-8(6(9)4-12-14)17(15,16)13-5-7-10-2-3-11-7/h2-4,13H,5H2,1H3,(H,10,11). The molecule has 0 aliphatic carbocycles. The highest BCUT2D eigenvalue weighted by molar-refractivity contribution is 7.89. The molecule has 0 aliphatic heterocycles. The highest BCUT2D eigenvalue weighted by Gasteiger charge is 2.22. The Morgan fingerprint density at radius 3 is 2.88 bits per heavy atom. The largest absolute Gasteiger partial charge is 0.347 e. The van der Waals surface area contributed by atoms with Gasteiger partial charge in [-0.15, -0.1) is 0 Å². The Labute approximate surface area is 103 Å². The van der Waals surface area contributed by atoms with Crippen LogP contribution in [0.15, 0.2) is 23.6 Å². The maximum Gasteiger partial charge on any atom is 0.259 e. The average molecular weight is 276 g/mol. The molecule has 2 heterocycles. The normalized spacial score (nSPS) is 11.9. The van der Waals surface area contributed by atoms with E-state index in [9.17, 15) is 8.42 Å². The second-order valence-corrected chi connectivity index (χ2v) is 5.37. The number of rotatable bonds is 4. The third-order valence-electron chi connectivity index (χ3n) is 2.08. The van der Waals surface area contributed by atoms with Gasteiger partial charge in [-0.1, -0.05) is 11.6 Å². The van der Waals surface area contributed by atoms with Gasteiger partial charge in [0, 0.05) is 19.4 Å². The Balaban J connectivity index is 2.20. The van der Waals surface area contributed by atoms with Gasteiger partial charge in [-0.05, 0) is 0 Å². The van der Waals surface area contributed by atoms with Crippen LogP contribution in [0.3, 0.4) is 0 Å². The van der Waals surface area contributed by atoms with E-state index in [2.05, 4.69) is 19.8 Å². The molecule has 2 aromatic rings. The predicted molar refractivity (Wildman–Crippen MR) is 60.8 cm³/mol. The van der Waals surface area contributed by atoms with Crippen molar-refractivity contribution in [2.24, 2.45) is 7.05 Å². The van der Waals surface area contributed by atoms with Gasteiger partial charge in [-0.25, -0.2) is 18.1 Å². The average Bonchev–Trinajstić information content (AvgIpc) is 2.86. The lowest BCUT2D eigenvalue weighted by atomic mass is 10.6. The van der Waals surface area contributed by atoms with Crippen LogP contribution in [0.5, 0.6) is 0 Å². The van der Waals surface area contributed by atoms with Gasteiger partial charge >= 0.3 is 0 Å². The lowest BCUT2D eigenvalue weighted by Crippen LogP contribution is -2.26. The first kappa shape index (κ1) is 12.1. The molecule has 0 radical (unpaired) electrons. The minimum Gasteiger partial charge on any atom is -0.347 e. The second kappa shape index (κ2) is 4.47. The van der Waals surface area contributed by atoms with Crippen molar-refractivity contribution in [3.05, 3.63) is 29.4 Å². The third-order valence-corrected chi connectivity index (χ3v) is 3.99. The van der Waals surface area contributed by atoms with E-state index >= 15 is 0 Å². The fraction of sp³-hybridized carbons (Fsp3) is 0.250. The Hall–Kier alpha value is -1.38. The molecule has 0 aliphatic rings. The Morgan fingerprint density at radius 1 is 1.59 bits per heavy atom. The molecular weight excluding hydrogens is 266 g/mol. The first-order chi connectivity index (χ1) is 8.00. The highest BCUT2D eigenvalue weighted by atomic mass is 35.5. The molecule has 0 amide bonds. The summed E-state index contributed by atoms with van der Waals surface area (Å²) in [5.41, 5.74) is 0. The Morgan fingerprint density at radius 2 is 2.35 bits per heavy atom. The highest BCUT2D eigenvalue weighted by Crippen LogP contribution is 2.19. The number of aromatic nitrogens is 4. The van der Waals surface area contributed by atoms with E-state index in [0.29, 0.717) is 5.82 Å². The maximum atomic E-state index is 11.9. The van der Waals surface area contributed by atoms with Crippen molar-refractivity contribution < 1.29 is 8.42 Å². The third kappa shape index (κ3) is 2.48. The summed E-state index contributed by atoms with van der Waals surface area (Å²) in [5, 5.41) is 3.79. The summed E-state index contributed by atoms with van der Waals surface area (Å²) >= 11 is 5.76.